The summed E-state index contributed by atoms with van der Waals surface area (Å²) in [6, 6.07) is 42.9. The molecule has 0 radical (unpaired) electrons. The van der Waals surface area contributed by atoms with Gasteiger partial charge in [-0.25, -0.2) is 0 Å². The summed E-state index contributed by atoms with van der Waals surface area (Å²) in [6.45, 7) is 6.71. The summed E-state index contributed by atoms with van der Waals surface area (Å²) in [6.07, 6.45) is 0. The van der Waals surface area contributed by atoms with E-state index >= 15 is 0 Å². The maximum absolute atomic E-state index is 9.86. The van der Waals surface area contributed by atoms with Crippen LogP contribution in [0.2, 0.25) is 0 Å². The molecule has 0 spiro atoms. The normalized spacial score (nSPS) is 11.9. The minimum atomic E-state index is -0.455. The van der Waals surface area contributed by atoms with Gasteiger partial charge in [0.1, 0.15) is 11.5 Å². The number of phenols is 2. The molecule has 5 aromatic carbocycles. The van der Waals surface area contributed by atoms with Crippen molar-refractivity contribution in [1.82, 2.24) is 0 Å². The van der Waals surface area contributed by atoms with Crippen molar-refractivity contribution >= 4 is 0 Å². The third-order valence-corrected chi connectivity index (χ3v) is 7.79. The van der Waals surface area contributed by atoms with Gasteiger partial charge in [-0.05, 0) is 70.1 Å². The van der Waals surface area contributed by atoms with Gasteiger partial charge < -0.3 is 10.2 Å². The third-order valence-electron chi connectivity index (χ3n) is 7.79. The van der Waals surface area contributed by atoms with Crippen LogP contribution in [-0.4, -0.2) is 10.2 Å². The second-order valence-electron chi connectivity index (χ2n) is 10.4. The number of benzene rings is 5. The largest absolute Gasteiger partial charge is 0.508 e. The zero-order chi connectivity index (χ0) is 26.0. The van der Waals surface area contributed by atoms with Crippen LogP contribution in [0.1, 0.15) is 48.6 Å². The molecule has 0 unspecified atom stereocenters. The first-order valence-electron chi connectivity index (χ1n) is 12.6. The Morgan fingerprint density at radius 2 is 0.703 bits per heavy atom. The summed E-state index contributed by atoms with van der Waals surface area (Å²) >= 11 is 0. The Hall–Kier alpha value is -4.30. The molecule has 5 aromatic rings. The van der Waals surface area contributed by atoms with E-state index < -0.39 is 5.41 Å². The average molecular weight is 485 g/mol. The number of aromatic hydroxyl groups is 2. The Bertz CT molecular complexity index is 1420. The summed E-state index contributed by atoms with van der Waals surface area (Å²) in [7, 11) is 0. The van der Waals surface area contributed by atoms with Crippen molar-refractivity contribution in [3.63, 3.8) is 0 Å². The lowest BCUT2D eigenvalue weighted by Crippen LogP contribution is -2.25. The second-order valence-corrected chi connectivity index (χ2v) is 10.4. The van der Waals surface area contributed by atoms with Crippen molar-refractivity contribution in [2.24, 2.45) is 0 Å². The lowest BCUT2D eigenvalue weighted by Gasteiger charge is -2.32. The fourth-order valence-corrected chi connectivity index (χ4v) is 5.19. The Morgan fingerprint density at radius 1 is 0.378 bits per heavy atom. The Kier molecular flexibility index (Phi) is 6.35. The highest BCUT2D eigenvalue weighted by Gasteiger charge is 2.31. The van der Waals surface area contributed by atoms with Gasteiger partial charge in [-0.2, -0.15) is 0 Å². The highest BCUT2D eigenvalue weighted by atomic mass is 16.3. The fourth-order valence-electron chi connectivity index (χ4n) is 5.19. The monoisotopic (exact) mass is 484 g/mol. The highest BCUT2D eigenvalue weighted by molar-refractivity contribution is 5.65. The van der Waals surface area contributed by atoms with Crippen molar-refractivity contribution in [3.05, 3.63) is 155 Å². The summed E-state index contributed by atoms with van der Waals surface area (Å²) in [5.74, 6) is 0.483. The fraction of sp³-hybridized carbons (Fsp3) is 0.143. The van der Waals surface area contributed by atoms with Crippen LogP contribution in [0.3, 0.4) is 0 Å². The van der Waals surface area contributed by atoms with Crippen molar-refractivity contribution in [2.45, 2.75) is 31.6 Å². The molecule has 0 atom stereocenters. The molecular formula is C35H32O2. The number of rotatable bonds is 6. The summed E-state index contributed by atoms with van der Waals surface area (Å²) in [5, 5.41) is 19.7. The van der Waals surface area contributed by atoms with Gasteiger partial charge in [0.25, 0.3) is 0 Å². The third kappa shape index (κ3) is 4.63. The van der Waals surface area contributed by atoms with Crippen LogP contribution in [0.5, 0.6) is 11.5 Å². The van der Waals surface area contributed by atoms with Crippen LogP contribution in [0.4, 0.5) is 0 Å². The molecule has 0 fully saturated rings. The van der Waals surface area contributed by atoms with E-state index in [4.69, 9.17) is 0 Å². The first-order valence-corrected chi connectivity index (χ1v) is 12.6. The van der Waals surface area contributed by atoms with Crippen LogP contribution in [0.15, 0.2) is 127 Å². The van der Waals surface area contributed by atoms with E-state index in [-0.39, 0.29) is 16.9 Å². The van der Waals surface area contributed by atoms with Crippen molar-refractivity contribution in [2.75, 3.05) is 0 Å². The first kappa shape index (κ1) is 24.4. The van der Waals surface area contributed by atoms with Crippen LogP contribution in [-0.2, 0) is 10.8 Å². The minimum Gasteiger partial charge on any atom is -0.508 e. The van der Waals surface area contributed by atoms with E-state index in [0.717, 1.165) is 22.3 Å². The maximum atomic E-state index is 9.86. The molecule has 0 aliphatic rings. The molecular weight excluding hydrogens is 452 g/mol. The lowest BCUT2D eigenvalue weighted by molar-refractivity contribution is 0.474. The van der Waals surface area contributed by atoms with Gasteiger partial charge in [-0.3, -0.25) is 0 Å². The smallest absolute Gasteiger partial charge is 0.115 e. The van der Waals surface area contributed by atoms with Gasteiger partial charge in [0.05, 0.1) is 0 Å². The van der Waals surface area contributed by atoms with Crippen molar-refractivity contribution < 1.29 is 10.2 Å². The molecule has 0 saturated carbocycles. The van der Waals surface area contributed by atoms with Gasteiger partial charge in [0.15, 0.2) is 0 Å². The second kappa shape index (κ2) is 9.63. The quantitative estimate of drug-likeness (QED) is 0.237. The average Bonchev–Trinajstić information content (AvgIpc) is 2.94. The van der Waals surface area contributed by atoms with E-state index in [9.17, 15) is 10.2 Å². The van der Waals surface area contributed by atoms with E-state index in [1.807, 2.05) is 24.3 Å². The number of hydrogen-bond donors (Lipinski definition) is 2. The molecule has 0 saturated heterocycles. The van der Waals surface area contributed by atoms with E-state index in [0.29, 0.717) is 0 Å². The molecule has 0 aromatic heterocycles. The standard InChI is InChI=1S/C35H32O2/c1-34(2,27-7-5-4-6-8-27)28-13-9-25(10-14-28)26-11-15-29(16-12-26)35(3,30-17-21-32(36)22-18-30)31-19-23-33(37)24-20-31/h4-24,36-37H,1-3H3. The van der Waals surface area contributed by atoms with E-state index in [2.05, 4.69) is 99.6 Å². The molecule has 0 bridgehead atoms. The predicted octanol–water partition coefficient (Wildman–Crippen LogP) is 8.45. The zero-order valence-corrected chi connectivity index (χ0v) is 21.5. The summed E-state index contributed by atoms with van der Waals surface area (Å²) in [4.78, 5) is 0. The van der Waals surface area contributed by atoms with Gasteiger partial charge in [0.2, 0.25) is 0 Å². The summed E-state index contributed by atoms with van der Waals surface area (Å²) < 4.78 is 0. The summed E-state index contributed by atoms with van der Waals surface area (Å²) in [5.41, 5.74) is 7.66. The molecule has 0 aliphatic heterocycles. The SMILES string of the molecule is CC(C)(c1ccccc1)c1ccc(-c2ccc(C(C)(c3ccc(O)cc3)c3ccc(O)cc3)cc2)cc1. The van der Waals surface area contributed by atoms with Gasteiger partial charge in [-0.15, -0.1) is 0 Å². The minimum absolute atomic E-state index is 0.0697. The topological polar surface area (TPSA) is 40.5 Å². The molecule has 0 aliphatic carbocycles. The number of phenolic OH excluding ortho intramolecular Hbond substituents is 2. The van der Waals surface area contributed by atoms with E-state index in [1.54, 1.807) is 24.3 Å². The first-order chi connectivity index (χ1) is 17.8. The molecule has 2 heteroatoms. The maximum Gasteiger partial charge on any atom is 0.115 e. The Balaban J connectivity index is 1.49. The van der Waals surface area contributed by atoms with Crippen LogP contribution in [0.25, 0.3) is 11.1 Å². The van der Waals surface area contributed by atoms with Gasteiger partial charge >= 0.3 is 0 Å². The van der Waals surface area contributed by atoms with Crippen LogP contribution in [0, 0.1) is 0 Å². The van der Waals surface area contributed by atoms with Crippen LogP contribution < -0.4 is 0 Å². The predicted molar refractivity (Wildman–Crippen MR) is 152 cm³/mol. The Labute approximate surface area is 219 Å². The zero-order valence-electron chi connectivity index (χ0n) is 21.5. The van der Waals surface area contributed by atoms with Gasteiger partial charge in [-0.1, -0.05) is 117 Å². The van der Waals surface area contributed by atoms with Crippen molar-refractivity contribution in [1.29, 1.82) is 0 Å². The molecule has 0 amide bonds. The Morgan fingerprint density at radius 3 is 1.11 bits per heavy atom. The molecule has 0 heterocycles. The lowest BCUT2D eigenvalue weighted by atomic mass is 9.71. The number of hydrogen-bond acceptors (Lipinski definition) is 2. The molecule has 2 N–H and O–H groups in total. The van der Waals surface area contributed by atoms with Gasteiger partial charge in [0, 0.05) is 10.8 Å². The molecule has 184 valence electrons. The highest BCUT2D eigenvalue weighted by Crippen LogP contribution is 2.41. The molecule has 2 nitrogen and oxygen atoms in total. The van der Waals surface area contributed by atoms with Crippen molar-refractivity contribution in [3.8, 4) is 22.6 Å². The molecule has 5 rings (SSSR count). The van der Waals surface area contributed by atoms with E-state index in [1.165, 1.54) is 16.7 Å². The molecule has 37 heavy (non-hydrogen) atoms. The van der Waals surface area contributed by atoms with Crippen LogP contribution >= 0.6 is 0 Å².